The van der Waals surface area contributed by atoms with Gasteiger partial charge >= 0.3 is 0 Å². The van der Waals surface area contributed by atoms with Crippen LogP contribution in [0, 0.1) is 5.82 Å². The van der Waals surface area contributed by atoms with Gasteiger partial charge in [0, 0.05) is 7.11 Å². The van der Waals surface area contributed by atoms with Crippen LogP contribution in [0.1, 0.15) is 17.2 Å². The summed E-state index contributed by atoms with van der Waals surface area (Å²) in [6.45, 7) is 0.934. The molecule has 1 aliphatic heterocycles. The molecule has 0 saturated carbocycles. The van der Waals surface area contributed by atoms with Crippen LogP contribution in [0.3, 0.4) is 0 Å². The smallest absolute Gasteiger partial charge is 0.273 e. The first-order valence-electron chi connectivity index (χ1n) is 7.89. The van der Waals surface area contributed by atoms with E-state index in [-0.39, 0.29) is 5.69 Å². The van der Waals surface area contributed by atoms with E-state index in [1.807, 2.05) is 0 Å². The lowest BCUT2D eigenvalue weighted by Crippen LogP contribution is -2.27. The maximum atomic E-state index is 13.4. The number of halogens is 1. The molecule has 0 saturated heterocycles. The first-order valence-corrected chi connectivity index (χ1v) is 7.89. The van der Waals surface area contributed by atoms with E-state index in [2.05, 4.69) is 10.5 Å². The highest BCUT2D eigenvalue weighted by molar-refractivity contribution is 5.85. The fourth-order valence-electron chi connectivity index (χ4n) is 2.47. The molecule has 1 atom stereocenters. The molecule has 3 rings (SSSR count). The summed E-state index contributed by atoms with van der Waals surface area (Å²) in [4.78, 5) is 12.3. The van der Waals surface area contributed by atoms with Crippen molar-refractivity contribution in [2.45, 2.75) is 6.10 Å². The molecule has 2 aromatic carbocycles. The zero-order valence-corrected chi connectivity index (χ0v) is 14.1. The second-order valence-corrected chi connectivity index (χ2v) is 5.53. The molecular weight excluding hydrogens is 341 g/mol. The molecule has 7 nitrogen and oxygen atoms in total. The maximum Gasteiger partial charge on any atom is 0.273 e. The SMILES string of the molecule is COC(C(=O)N/N=C/c1ccc(N)c(F)c1)c1ccc2c(c1)OCCO2. The van der Waals surface area contributed by atoms with Gasteiger partial charge in [-0.1, -0.05) is 12.1 Å². The van der Waals surface area contributed by atoms with Crippen LogP contribution in [-0.4, -0.2) is 32.4 Å². The third-order valence-electron chi connectivity index (χ3n) is 3.76. The number of rotatable bonds is 5. The first kappa shape index (κ1) is 17.7. The van der Waals surface area contributed by atoms with Crippen LogP contribution in [0.5, 0.6) is 11.5 Å². The topological polar surface area (TPSA) is 95.2 Å². The Morgan fingerprint density at radius 3 is 2.77 bits per heavy atom. The molecule has 8 heteroatoms. The number of benzene rings is 2. The van der Waals surface area contributed by atoms with E-state index in [1.165, 1.54) is 25.5 Å². The first-order chi connectivity index (χ1) is 12.6. The molecule has 0 spiro atoms. The predicted molar refractivity (Wildman–Crippen MR) is 93.7 cm³/mol. The summed E-state index contributed by atoms with van der Waals surface area (Å²) in [6, 6.07) is 9.37. The van der Waals surface area contributed by atoms with Gasteiger partial charge in [-0.3, -0.25) is 4.79 Å². The maximum absolute atomic E-state index is 13.4. The Bertz CT molecular complexity index is 841. The molecule has 0 radical (unpaired) electrons. The van der Waals surface area contributed by atoms with E-state index in [4.69, 9.17) is 19.9 Å². The lowest BCUT2D eigenvalue weighted by atomic mass is 10.1. The number of nitrogens with two attached hydrogens (primary N) is 1. The average Bonchev–Trinajstić information content (AvgIpc) is 2.65. The van der Waals surface area contributed by atoms with Gasteiger partial charge in [0.1, 0.15) is 19.0 Å². The lowest BCUT2D eigenvalue weighted by Gasteiger charge is -2.20. The number of anilines is 1. The third-order valence-corrected chi connectivity index (χ3v) is 3.76. The van der Waals surface area contributed by atoms with Crippen molar-refractivity contribution >= 4 is 17.8 Å². The normalized spacial score (nSPS) is 14.2. The molecule has 0 aliphatic carbocycles. The molecule has 1 unspecified atom stereocenters. The third kappa shape index (κ3) is 3.92. The van der Waals surface area contributed by atoms with Gasteiger partial charge < -0.3 is 19.9 Å². The number of hydrazone groups is 1. The highest BCUT2D eigenvalue weighted by Crippen LogP contribution is 2.33. The summed E-state index contributed by atoms with van der Waals surface area (Å²) in [5, 5.41) is 3.83. The molecule has 136 valence electrons. The summed E-state index contributed by atoms with van der Waals surface area (Å²) in [5.41, 5.74) is 8.89. The number of nitrogens with one attached hydrogen (secondary N) is 1. The number of carbonyl (C=O) groups excluding carboxylic acids is 1. The number of fused-ring (bicyclic) bond motifs is 1. The molecule has 1 heterocycles. The number of nitrogens with zero attached hydrogens (tertiary/aromatic N) is 1. The molecule has 26 heavy (non-hydrogen) atoms. The number of amides is 1. The van der Waals surface area contributed by atoms with E-state index in [9.17, 15) is 9.18 Å². The van der Waals surface area contributed by atoms with E-state index in [0.717, 1.165) is 0 Å². The van der Waals surface area contributed by atoms with E-state index >= 15 is 0 Å². The minimum Gasteiger partial charge on any atom is -0.486 e. The van der Waals surface area contributed by atoms with Gasteiger partial charge in [-0.2, -0.15) is 5.10 Å². The average molecular weight is 359 g/mol. The highest BCUT2D eigenvalue weighted by Gasteiger charge is 2.22. The largest absolute Gasteiger partial charge is 0.486 e. The van der Waals surface area contributed by atoms with Gasteiger partial charge in [0.15, 0.2) is 17.6 Å². The van der Waals surface area contributed by atoms with Crippen molar-refractivity contribution in [3.63, 3.8) is 0 Å². The zero-order chi connectivity index (χ0) is 18.5. The molecule has 3 N–H and O–H groups in total. The van der Waals surface area contributed by atoms with Crippen molar-refractivity contribution in [1.82, 2.24) is 5.43 Å². The molecule has 1 amide bonds. The van der Waals surface area contributed by atoms with Crippen LogP contribution >= 0.6 is 0 Å². The van der Waals surface area contributed by atoms with Crippen molar-refractivity contribution < 1.29 is 23.4 Å². The number of hydrogen-bond acceptors (Lipinski definition) is 6. The molecular formula is C18H18FN3O4. The van der Waals surface area contributed by atoms with E-state index in [0.29, 0.717) is 35.8 Å². The van der Waals surface area contributed by atoms with Crippen molar-refractivity contribution in [3.8, 4) is 11.5 Å². The summed E-state index contributed by atoms with van der Waals surface area (Å²) < 4.78 is 29.6. The number of nitrogen functional groups attached to an aromatic ring is 1. The molecule has 2 aromatic rings. The fraction of sp³-hybridized carbons (Fsp3) is 0.222. The molecule has 0 fully saturated rings. The second-order valence-electron chi connectivity index (χ2n) is 5.53. The van der Waals surface area contributed by atoms with Crippen LogP contribution in [0.2, 0.25) is 0 Å². The Kier molecular flexibility index (Phi) is 5.33. The van der Waals surface area contributed by atoms with Crippen molar-refractivity contribution in [1.29, 1.82) is 0 Å². The standard InChI is InChI=1S/C18H18FN3O4/c1-24-17(12-3-5-15-16(9-12)26-7-6-25-15)18(23)22-21-10-11-2-4-14(20)13(19)8-11/h2-5,8-10,17H,6-7,20H2,1H3,(H,22,23)/b21-10+. The monoisotopic (exact) mass is 359 g/mol. The predicted octanol–water partition coefficient (Wildman–Crippen LogP) is 2.02. The van der Waals surface area contributed by atoms with Gasteiger partial charge in [-0.25, -0.2) is 9.82 Å². The molecule has 0 aromatic heterocycles. The van der Waals surface area contributed by atoms with Crippen molar-refractivity contribution in [2.24, 2.45) is 5.10 Å². The summed E-state index contributed by atoms with van der Waals surface area (Å²) in [6.07, 6.45) is 0.433. The van der Waals surface area contributed by atoms with Gasteiger partial charge in [-0.05, 0) is 35.4 Å². The van der Waals surface area contributed by atoms with E-state index in [1.54, 1.807) is 24.3 Å². The fourth-order valence-corrected chi connectivity index (χ4v) is 2.47. The number of carbonyl (C=O) groups is 1. The van der Waals surface area contributed by atoms with Crippen LogP contribution in [-0.2, 0) is 9.53 Å². The van der Waals surface area contributed by atoms with Crippen LogP contribution in [0.15, 0.2) is 41.5 Å². The zero-order valence-electron chi connectivity index (χ0n) is 14.1. The van der Waals surface area contributed by atoms with Crippen molar-refractivity contribution in [2.75, 3.05) is 26.1 Å². The highest BCUT2D eigenvalue weighted by atomic mass is 19.1. The Labute approximate surface area is 149 Å². The Morgan fingerprint density at radius 2 is 2.04 bits per heavy atom. The number of methoxy groups -OCH3 is 1. The minimum atomic E-state index is -0.883. The van der Waals surface area contributed by atoms with E-state index < -0.39 is 17.8 Å². The van der Waals surface area contributed by atoms with Gasteiger partial charge in [0.05, 0.1) is 11.9 Å². The summed E-state index contributed by atoms with van der Waals surface area (Å²) in [7, 11) is 1.42. The molecule has 1 aliphatic rings. The Morgan fingerprint density at radius 1 is 1.27 bits per heavy atom. The summed E-state index contributed by atoms with van der Waals surface area (Å²) >= 11 is 0. The minimum absolute atomic E-state index is 0.0456. The van der Waals surface area contributed by atoms with Crippen molar-refractivity contribution in [3.05, 3.63) is 53.3 Å². The number of hydrogen-bond donors (Lipinski definition) is 2. The molecule has 0 bridgehead atoms. The second kappa shape index (κ2) is 7.83. The van der Waals surface area contributed by atoms with Gasteiger partial charge in [0.25, 0.3) is 5.91 Å². The summed E-state index contributed by atoms with van der Waals surface area (Å²) in [5.74, 6) is 0.158. The van der Waals surface area contributed by atoms with Crippen LogP contribution < -0.4 is 20.6 Å². The van der Waals surface area contributed by atoms with Crippen LogP contribution in [0.25, 0.3) is 0 Å². The van der Waals surface area contributed by atoms with Gasteiger partial charge in [-0.15, -0.1) is 0 Å². The quantitative estimate of drug-likeness (QED) is 0.484. The Balaban J connectivity index is 1.68. The number of ether oxygens (including phenoxy) is 3. The van der Waals surface area contributed by atoms with Gasteiger partial charge in [0.2, 0.25) is 0 Å². The lowest BCUT2D eigenvalue weighted by molar-refractivity contribution is -0.131. The Hall–Kier alpha value is -3.13. The van der Waals surface area contributed by atoms with Crippen LogP contribution in [0.4, 0.5) is 10.1 Å².